The summed E-state index contributed by atoms with van der Waals surface area (Å²) in [7, 11) is 0. The standard InChI is InChI=1S/C13H12O7/c1-5(14)12(6(2)15)9(18)10(19)13(7(3)16,8(4)17)11(12)20/h1-4H3. The lowest BCUT2D eigenvalue weighted by molar-refractivity contribution is -0.153. The Morgan fingerprint density at radius 3 is 0.900 bits per heavy atom. The van der Waals surface area contributed by atoms with Gasteiger partial charge >= 0.3 is 0 Å². The van der Waals surface area contributed by atoms with Crippen molar-refractivity contribution in [2.75, 3.05) is 0 Å². The van der Waals surface area contributed by atoms with Gasteiger partial charge in [0.15, 0.2) is 28.9 Å². The molecule has 0 spiro atoms. The molecule has 0 N–H and O–H groups in total. The molecule has 1 saturated carbocycles. The third kappa shape index (κ3) is 1.37. The van der Waals surface area contributed by atoms with Crippen LogP contribution in [0, 0.1) is 10.8 Å². The minimum Gasteiger partial charge on any atom is -0.298 e. The van der Waals surface area contributed by atoms with Gasteiger partial charge in [-0.15, -0.1) is 0 Å². The molecule has 0 aliphatic heterocycles. The quantitative estimate of drug-likeness (QED) is 0.480. The van der Waals surface area contributed by atoms with Crippen LogP contribution in [0.1, 0.15) is 27.7 Å². The lowest BCUT2D eigenvalue weighted by Crippen LogP contribution is -2.52. The number of carbonyl (C=O) groups excluding carboxylic acids is 7. The van der Waals surface area contributed by atoms with E-state index in [1.54, 1.807) is 0 Å². The first kappa shape index (κ1) is 15.7. The second-order valence-corrected chi connectivity index (χ2v) is 4.71. The van der Waals surface area contributed by atoms with Crippen LogP contribution in [0.4, 0.5) is 0 Å². The molecule has 0 aromatic rings. The molecule has 7 nitrogen and oxygen atoms in total. The van der Waals surface area contributed by atoms with E-state index < -0.39 is 51.3 Å². The predicted molar refractivity (Wildman–Crippen MR) is 62.6 cm³/mol. The molecule has 7 heteroatoms. The Kier molecular flexibility index (Phi) is 3.43. The zero-order chi connectivity index (χ0) is 16.0. The molecule has 0 bridgehead atoms. The van der Waals surface area contributed by atoms with Crippen LogP contribution in [0.3, 0.4) is 0 Å². The number of rotatable bonds is 4. The SMILES string of the molecule is CC(=O)C1(C(C)=O)C(=O)C(=O)C(C(C)=O)(C(C)=O)C1=O. The maximum absolute atomic E-state index is 12.4. The molecule has 0 aromatic heterocycles. The first-order valence-electron chi connectivity index (χ1n) is 5.68. The summed E-state index contributed by atoms with van der Waals surface area (Å²) < 4.78 is 0. The van der Waals surface area contributed by atoms with Crippen LogP contribution < -0.4 is 0 Å². The maximum Gasteiger partial charge on any atom is 0.229 e. The highest BCUT2D eigenvalue weighted by Crippen LogP contribution is 2.43. The lowest BCUT2D eigenvalue weighted by atomic mass is 9.70. The van der Waals surface area contributed by atoms with Crippen LogP contribution in [0.2, 0.25) is 0 Å². The highest BCUT2D eigenvalue weighted by molar-refractivity contribution is 6.71. The summed E-state index contributed by atoms with van der Waals surface area (Å²) in [5.74, 6) is -9.42. The molecule has 1 fully saturated rings. The van der Waals surface area contributed by atoms with Gasteiger partial charge in [0.2, 0.25) is 22.4 Å². The number of ketones is 7. The lowest BCUT2D eigenvalue weighted by Gasteiger charge is -2.22. The van der Waals surface area contributed by atoms with E-state index in [1.165, 1.54) is 0 Å². The van der Waals surface area contributed by atoms with Gasteiger partial charge in [0.05, 0.1) is 0 Å². The third-order valence-electron chi connectivity index (χ3n) is 3.68. The zero-order valence-corrected chi connectivity index (χ0v) is 11.4. The van der Waals surface area contributed by atoms with Crippen LogP contribution in [0.15, 0.2) is 0 Å². The molecule has 20 heavy (non-hydrogen) atoms. The summed E-state index contributed by atoms with van der Waals surface area (Å²) in [6.45, 7) is 3.17. The van der Waals surface area contributed by atoms with Gasteiger partial charge in [-0.1, -0.05) is 0 Å². The highest BCUT2D eigenvalue weighted by atomic mass is 16.2. The summed E-state index contributed by atoms with van der Waals surface area (Å²) in [5, 5.41) is 0. The van der Waals surface area contributed by atoms with E-state index in [0.29, 0.717) is 0 Å². The Balaban J connectivity index is 3.89. The molecule has 0 heterocycles. The van der Waals surface area contributed by atoms with E-state index in [2.05, 4.69) is 0 Å². The highest BCUT2D eigenvalue weighted by Gasteiger charge is 2.76. The Bertz CT molecular complexity index is 528. The van der Waals surface area contributed by atoms with Crippen molar-refractivity contribution in [3.05, 3.63) is 0 Å². The number of Topliss-reactive ketones (excluding diaryl/α,β-unsaturated/α-hetero) is 7. The molecular formula is C13H12O7. The number of hydrogen-bond acceptors (Lipinski definition) is 7. The van der Waals surface area contributed by atoms with E-state index in [9.17, 15) is 33.6 Å². The molecule has 0 radical (unpaired) electrons. The average Bonchev–Trinajstić information content (AvgIpc) is 2.45. The average molecular weight is 280 g/mol. The monoisotopic (exact) mass is 280 g/mol. The molecule has 0 atom stereocenters. The van der Waals surface area contributed by atoms with Crippen molar-refractivity contribution in [2.24, 2.45) is 10.8 Å². The third-order valence-corrected chi connectivity index (χ3v) is 3.68. The first-order valence-corrected chi connectivity index (χ1v) is 5.68. The molecule has 0 aromatic carbocycles. The summed E-state index contributed by atoms with van der Waals surface area (Å²) in [5.41, 5.74) is -5.73. The Labute approximate surface area is 113 Å². The second-order valence-electron chi connectivity index (χ2n) is 4.71. The van der Waals surface area contributed by atoms with E-state index in [-0.39, 0.29) is 0 Å². The molecule has 1 rings (SSSR count). The van der Waals surface area contributed by atoms with Crippen molar-refractivity contribution in [1.82, 2.24) is 0 Å². The fraction of sp³-hybridized carbons (Fsp3) is 0.462. The Hall–Kier alpha value is -2.31. The minimum atomic E-state index is -2.87. The zero-order valence-electron chi connectivity index (χ0n) is 11.4. The molecule has 1 aliphatic carbocycles. The van der Waals surface area contributed by atoms with Crippen molar-refractivity contribution in [1.29, 1.82) is 0 Å². The van der Waals surface area contributed by atoms with Crippen molar-refractivity contribution >= 4 is 40.5 Å². The maximum atomic E-state index is 12.4. The smallest absolute Gasteiger partial charge is 0.229 e. The predicted octanol–water partition coefficient (Wildman–Crippen LogP) is -0.964. The fourth-order valence-corrected chi connectivity index (χ4v) is 2.60. The molecule has 0 amide bonds. The van der Waals surface area contributed by atoms with Gasteiger partial charge in [-0.3, -0.25) is 33.6 Å². The Morgan fingerprint density at radius 1 is 0.600 bits per heavy atom. The summed E-state index contributed by atoms with van der Waals surface area (Å²) in [4.78, 5) is 83.2. The van der Waals surface area contributed by atoms with E-state index in [0.717, 1.165) is 27.7 Å². The Morgan fingerprint density at radius 2 is 0.800 bits per heavy atom. The number of carbonyl (C=O) groups is 7. The molecule has 1 aliphatic rings. The molecule has 0 saturated heterocycles. The van der Waals surface area contributed by atoms with E-state index >= 15 is 0 Å². The molecule has 106 valence electrons. The fourth-order valence-electron chi connectivity index (χ4n) is 2.60. The summed E-state index contributed by atoms with van der Waals surface area (Å²) >= 11 is 0. The minimum absolute atomic E-state index is 0.792. The van der Waals surface area contributed by atoms with Gasteiger partial charge in [0, 0.05) is 0 Å². The van der Waals surface area contributed by atoms with Crippen molar-refractivity contribution in [3.8, 4) is 0 Å². The summed E-state index contributed by atoms with van der Waals surface area (Å²) in [6, 6.07) is 0. The van der Waals surface area contributed by atoms with Crippen LogP contribution in [0.5, 0.6) is 0 Å². The van der Waals surface area contributed by atoms with Gasteiger partial charge in [0.25, 0.3) is 0 Å². The van der Waals surface area contributed by atoms with Crippen LogP contribution in [0.25, 0.3) is 0 Å². The van der Waals surface area contributed by atoms with Gasteiger partial charge in [-0.25, -0.2) is 0 Å². The van der Waals surface area contributed by atoms with Crippen LogP contribution in [-0.4, -0.2) is 40.5 Å². The van der Waals surface area contributed by atoms with Crippen molar-refractivity contribution in [2.45, 2.75) is 27.7 Å². The van der Waals surface area contributed by atoms with Gasteiger partial charge in [-0.05, 0) is 27.7 Å². The molecule has 0 unspecified atom stereocenters. The van der Waals surface area contributed by atoms with E-state index in [4.69, 9.17) is 0 Å². The van der Waals surface area contributed by atoms with Crippen molar-refractivity contribution < 1.29 is 33.6 Å². The van der Waals surface area contributed by atoms with E-state index in [1.807, 2.05) is 0 Å². The first-order chi connectivity index (χ1) is 8.99. The van der Waals surface area contributed by atoms with Gasteiger partial charge in [0.1, 0.15) is 0 Å². The largest absolute Gasteiger partial charge is 0.298 e. The topological polar surface area (TPSA) is 119 Å². The van der Waals surface area contributed by atoms with Crippen LogP contribution in [-0.2, 0) is 33.6 Å². The number of hydrogen-bond donors (Lipinski definition) is 0. The van der Waals surface area contributed by atoms with Crippen molar-refractivity contribution in [3.63, 3.8) is 0 Å². The van der Waals surface area contributed by atoms with Gasteiger partial charge in [-0.2, -0.15) is 0 Å². The normalized spacial score (nSPS) is 19.9. The second kappa shape index (κ2) is 4.36. The summed E-state index contributed by atoms with van der Waals surface area (Å²) in [6.07, 6.45) is 0. The molecular weight excluding hydrogens is 268 g/mol. The van der Waals surface area contributed by atoms with Gasteiger partial charge < -0.3 is 0 Å². The van der Waals surface area contributed by atoms with Crippen LogP contribution >= 0.6 is 0 Å².